The number of H-pyrrole nitrogens is 1. The van der Waals surface area contributed by atoms with E-state index in [-0.39, 0.29) is 11.5 Å². The molecule has 154 valence electrons. The minimum Gasteiger partial charge on any atom is -0.295 e. The molecule has 7 heteroatoms. The summed E-state index contributed by atoms with van der Waals surface area (Å²) in [7, 11) is 0. The van der Waals surface area contributed by atoms with Crippen LogP contribution < -0.4 is 11.0 Å². The van der Waals surface area contributed by atoms with Crippen LogP contribution in [0.25, 0.3) is 5.69 Å². The molecule has 0 fully saturated rings. The van der Waals surface area contributed by atoms with Gasteiger partial charge in [0.05, 0.1) is 11.3 Å². The van der Waals surface area contributed by atoms with Crippen molar-refractivity contribution in [2.24, 2.45) is 5.10 Å². The number of rotatable bonds is 5. The normalized spacial score (nSPS) is 11.4. The molecule has 0 radical (unpaired) electrons. The van der Waals surface area contributed by atoms with Gasteiger partial charge in [-0.1, -0.05) is 70.5 Å². The summed E-state index contributed by atoms with van der Waals surface area (Å²) in [5.41, 5.74) is 5.66. The van der Waals surface area contributed by atoms with E-state index in [9.17, 15) is 9.59 Å². The van der Waals surface area contributed by atoms with Crippen LogP contribution in [-0.2, 0) is 0 Å². The number of nitrogens with zero attached hydrogens (tertiary/aromatic N) is 2. The number of hydrazone groups is 1. The predicted molar refractivity (Wildman–Crippen MR) is 125 cm³/mol. The van der Waals surface area contributed by atoms with E-state index in [1.54, 1.807) is 18.2 Å². The van der Waals surface area contributed by atoms with Crippen molar-refractivity contribution >= 4 is 27.5 Å². The number of hydrogen-bond acceptors (Lipinski definition) is 3. The van der Waals surface area contributed by atoms with E-state index in [1.165, 1.54) is 4.68 Å². The molecule has 0 aliphatic carbocycles. The predicted octanol–water partition coefficient (Wildman–Crippen LogP) is 4.42. The Morgan fingerprint density at radius 2 is 1.58 bits per heavy atom. The fraction of sp³-hybridized carbons (Fsp3) is 0.0417. The van der Waals surface area contributed by atoms with Crippen LogP contribution in [0.1, 0.15) is 27.2 Å². The highest BCUT2D eigenvalue weighted by atomic mass is 79.9. The van der Waals surface area contributed by atoms with E-state index >= 15 is 0 Å². The van der Waals surface area contributed by atoms with Gasteiger partial charge >= 0.3 is 0 Å². The second-order valence-electron chi connectivity index (χ2n) is 6.87. The lowest BCUT2D eigenvalue weighted by molar-refractivity contribution is 0.0955. The Labute approximate surface area is 187 Å². The number of aromatic amines is 1. The number of hydrogen-bond donors (Lipinski definition) is 2. The highest BCUT2D eigenvalue weighted by Crippen LogP contribution is 2.14. The first-order valence-electron chi connectivity index (χ1n) is 9.61. The number of para-hydroxylation sites is 1. The third-order valence-electron chi connectivity index (χ3n) is 4.73. The lowest BCUT2D eigenvalue weighted by Crippen LogP contribution is -2.25. The molecule has 6 nitrogen and oxygen atoms in total. The standard InChI is InChI=1S/C24H19BrN4O2/c1-16-21(24(31)29(28-16)20-13-6-3-7-14-20)22(17-9-4-2-5-10-17)26-27-23(30)18-11-8-12-19(25)15-18/h2-15,28H,1H3,(H,27,30). The minimum absolute atomic E-state index is 0.247. The summed E-state index contributed by atoms with van der Waals surface area (Å²) in [6.45, 7) is 1.81. The van der Waals surface area contributed by atoms with E-state index in [1.807, 2.05) is 73.7 Å². The second-order valence-corrected chi connectivity index (χ2v) is 7.78. The van der Waals surface area contributed by atoms with E-state index in [0.717, 1.165) is 10.0 Å². The first-order chi connectivity index (χ1) is 15.0. The second kappa shape index (κ2) is 8.97. The van der Waals surface area contributed by atoms with E-state index in [4.69, 9.17) is 0 Å². The van der Waals surface area contributed by atoms with Crippen molar-refractivity contribution in [1.29, 1.82) is 0 Å². The van der Waals surface area contributed by atoms with Crippen LogP contribution in [0.2, 0.25) is 0 Å². The first-order valence-corrected chi connectivity index (χ1v) is 10.4. The Morgan fingerprint density at radius 1 is 0.935 bits per heavy atom. The molecular formula is C24H19BrN4O2. The molecule has 4 rings (SSSR count). The minimum atomic E-state index is -0.369. The summed E-state index contributed by atoms with van der Waals surface area (Å²) in [4.78, 5) is 25.9. The van der Waals surface area contributed by atoms with Crippen LogP contribution in [0, 0.1) is 6.92 Å². The molecule has 2 N–H and O–H groups in total. The highest BCUT2D eigenvalue weighted by molar-refractivity contribution is 9.10. The monoisotopic (exact) mass is 474 g/mol. The van der Waals surface area contributed by atoms with Gasteiger partial charge in [0.2, 0.25) is 0 Å². The van der Waals surface area contributed by atoms with Crippen molar-refractivity contribution in [1.82, 2.24) is 15.2 Å². The van der Waals surface area contributed by atoms with Crippen molar-refractivity contribution in [3.05, 3.63) is 122 Å². The quantitative estimate of drug-likeness (QED) is 0.331. The average molecular weight is 475 g/mol. The Balaban J connectivity index is 1.79. The SMILES string of the molecule is Cc1[nH]n(-c2ccccc2)c(=O)c1C(=NNC(=O)c1cccc(Br)c1)c1ccccc1. The zero-order chi connectivity index (χ0) is 21.8. The summed E-state index contributed by atoms with van der Waals surface area (Å²) in [6, 6.07) is 25.6. The Bertz CT molecular complexity index is 1310. The van der Waals surface area contributed by atoms with Gasteiger partial charge in [0.25, 0.3) is 11.5 Å². The van der Waals surface area contributed by atoms with Gasteiger partial charge < -0.3 is 0 Å². The third kappa shape index (κ3) is 4.41. The van der Waals surface area contributed by atoms with Crippen LogP contribution in [0.15, 0.2) is 99.3 Å². The van der Waals surface area contributed by atoms with Crippen molar-refractivity contribution < 1.29 is 4.79 Å². The fourth-order valence-electron chi connectivity index (χ4n) is 3.25. The highest BCUT2D eigenvalue weighted by Gasteiger charge is 2.20. The molecule has 0 bridgehead atoms. The molecular weight excluding hydrogens is 456 g/mol. The average Bonchev–Trinajstić information content (AvgIpc) is 3.09. The fourth-order valence-corrected chi connectivity index (χ4v) is 3.65. The molecule has 1 heterocycles. The smallest absolute Gasteiger partial charge is 0.281 e. The van der Waals surface area contributed by atoms with E-state index in [2.05, 4.69) is 31.6 Å². The van der Waals surface area contributed by atoms with Crippen LogP contribution in [0.5, 0.6) is 0 Å². The molecule has 0 atom stereocenters. The number of carbonyl (C=O) groups excluding carboxylic acids is 1. The van der Waals surface area contributed by atoms with Crippen LogP contribution in [-0.4, -0.2) is 21.4 Å². The van der Waals surface area contributed by atoms with Gasteiger partial charge in [-0.2, -0.15) is 5.10 Å². The number of carbonyl (C=O) groups is 1. The summed E-state index contributed by atoms with van der Waals surface area (Å²) in [5, 5.41) is 7.48. The molecule has 0 saturated heterocycles. The summed E-state index contributed by atoms with van der Waals surface area (Å²) in [6.07, 6.45) is 0. The number of halogens is 1. The first kappa shape index (κ1) is 20.6. The summed E-state index contributed by atoms with van der Waals surface area (Å²) >= 11 is 3.36. The zero-order valence-corrected chi connectivity index (χ0v) is 18.3. The number of nitrogens with one attached hydrogen (secondary N) is 2. The third-order valence-corrected chi connectivity index (χ3v) is 5.22. The van der Waals surface area contributed by atoms with Crippen molar-refractivity contribution in [3.8, 4) is 5.69 Å². The molecule has 0 aliphatic rings. The van der Waals surface area contributed by atoms with Crippen LogP contribution >= 0.6 is 15.9 Å². The van der Waals surface area contributed by atoms with Crippen LogP contribution in [0.4, 0.5) is 0 Å². The molecule has 3 aromatic carbocycles. The number of amides is 1. The molecule has 0 spiro atoms. The Kier molecular flexibility index (Phi) is 5.95. The summed E-state index contributed by atoms with van der Waals surface area (Å²) < 4.78 is 2.26. The molecule has 0 aliphatic heterocycles. The molecule has 0 saturated carbocycles. The Morgan fingerprint density at radius 3 is 2.26 bits per heavy atom. The van der Waals surface area contributed by atoms with E-state index < -0.39 is 0 Å². The number of benzene rings is 3. The van der Waals surface area contributed by atoms with Gasteiger partial charge in [0.15, 0.2) is 0 Å². The maximum Gasteiger partial charge on any atom is 0.281 e. The van der Waals surface area contributed by atoms with Gasteiger partial charge in [-0.3, -0.25) is 14.7 Å². The van der Waals surface area contributed by atoms with Gasteiger partial charge in [0, 0.05) is 21.3 Å². The Hall–Kier alpha value is -3.71. The molecule has 31 heavy (non-hydrogen) atoms. The topological polar surface area (TPSA) is 79.2 Å². The van der Waals surface area contributed by atoms with Gasteiger partial charge in [-0.15, -0.1) is 0 Å². The van der Waals surface area contributed by atoms with Gasteiger partial charge in [-0.25, -0.2) is 10.1 Å². The van der Waals surface area contributed by atoms with Crippen molar-refractivity contribution in [2.75, 3.05) is 0 Å². The molecule has 1 amide bonds. The van der Waals surface area contributed by atoms with E-state index in [0.29, 0.717) is 28.2 Å². The van der Waals surface area contributed by atoms with Gasteiger partial charge in [-0.05, 0) is 37.3 Å². The lowest BCUT2D eigenvalue weighted by atomic mass is 10.0. The largest absolute Gasteiger partial charge is 0.295 e. The number of aryl methyl sites for hydroxylation is 1. The molecule has 1 aromatic heterocycles. The van der Waals surface area contributed by atoms with Gasteiger partial charge in [0.1, 0.15) is 5.71 Å². The molecule has 4 aromatic rings. The summed E-state index contributed by atoms with van der Waals surface area (Å²) in [5.74, 6) is -0.369. The maximum absolute atomic E-state index is 13.3. The lowest BCUT2D eigenvalue weighted by Gasteiger charge is -2.07. The zero-order valence-electron chi connectivity index (χ0n) is 16.7. The van der Waals surface area contributed by atoms with Crippen molar-refractivity contribution in [3.63, 3.8) is 0 Å². The maximum atomic E-state index is 13.3. The van der Waals surface area contributed by atoms with Crippen LogP contribution in [0.3, 0.4) is 0 Å². The number of aromatic nitrogens is 2. The van der Waals surface area contributed by atoms with Crippen molar-refractivity contribution in [2.45, 2.75) is 6.92 Å². The molecule has 0 unspecified atom stereocenters.